The molecule has 0 bridgehead atoms. The summed E-state index contributed by atoms with van der Waals surface area (Å²) in [6, 6.07) is 24.4. The lowest BCUT2D eigenvalue weighted by atomic mass is 10.1. The number of pyridine rings is 1. The predicted octanol–water partition coefficient (Wildman–Crippen LogP) is 5.01. The van der Waals surface area contributed by atoms with E-state index in [0.29, 0.717) is 12.5 Å². The molecule has 0 radical (unpaired) electrons. The Labute approximate surface area is 138 Å². The lowest BCUT2D eigenvalue weighted by Crippen LogP contribution is -2.00. The summed E-state index contributed by atoms with van der Waals surface area (Å²) in [7, 11) is 0. The fourth-order valence-corrected chi connectivity index (χ4v) is 2.53. The molecule has 3 heteroatoms. The highest BCUT2D eigenvalue weighted by Crippen LogP contribution is 2.24. The van der Waals surface area contributed by atoms with Crippen molar-refractivity contribution in [3.63, 3.8) is 0 Å². The van der Waals surface area contributed by atoms with E-state index < -0.39 is 0 Å². The van der Waals surface area contributed by atoms with Crippen molar-refractivity contribution in [2.24, 2.45) is 0 Å². The van der Waals surface area contributed by atoms with Crippen LogP contribution in [0.5, 0.6) is 5.88 Å². The van der Waals surface area contributed by atoms with Gasteiger partial charge < -0.3 is 4.74 Å². The molecule has 1 heterocycles. The van der Waals surface area contributed by atoms with Gasteiger partial charge >= 0.3 is 0 Å². The van der Waals surface area contributed by atoms with Crippen LogP contribution in [0.4, 0.5) is 0 Å². The van der Waals surface area contributed by atoms with Crippen LogP contribution in [0.15, 0.2) is 77.3 Å². The summed E-state index contributed by atoms with van der Waals surface area (Å²) in [5, 5.41) is 0. The minimum atomic E-state index is 0.515. The molecule has 22 heavy (non-hydrogen) atoms. The average Bonchev–Trinajstić information content (AvgIpc) is 2.57. The van der Waals surface area contributed by atoms with E-state index in [2.05, 4.69) is 33.0 Å². The van der Waals surface area contributed by atoms with Crippen molar-refractivity contribution in [3.05, 3.63) is 94.1 Å². The normalized spacial score (nSPS) is 10.4. The third-order valence-electron chi connectivity index (χ3n) is 3.32. The van der Waals surface area contributed by atoms with Crippen LogP contribution in [-0.4, -0.2) is 4.98 Å². The highest BCUT2D eigenvalue weighted by molar-refractivity contribution is 9.10. The molecular formula is C19H16BrNO. The van der Waals surface area contributed by atoms with Gasteiger partial charge in [0.25, 0.3) is 0 Å². The van der Waals surface area contributed by atoms with Crippen LogP contribution in [0.25, 0.3) is 0 Å². The zero-order valence-corrected chi connectivity index (χ0v) is 13.7. The predicted molar refractivity (Wildman–Crippen MR) is 92.0 cm³/mol. The smallest absolute Gasteiger partial charge is 0.228 e. The van der Waals surface area contributed by atoms with E-state index in [1.165, 1.54) is 5.56 Å². The van der Waals surface area contributed by atoms with Gasteiger partial charge in [-0.25, -0.2) is 4.98 Å². The summed E-state index contributed by atoms with van der Waals surface area (Å²) in [5.41, 5.74) is 3.37. The first-order valence-corrected chi connectivity index (χ1v) is 7.96. The Balaban J connectivity index is 1.72. The highest BCUT2D eigenvalue weighted by atomic mass is 79.9. The maximum Gasteiger partial charge on any atom is 0.228 e. The van der Waals surface area contributed by atoms with Gasteiger partial charge in [0.15, 0.2) is 0 Å². The van der Waals surface area contributed by atoms with Gasteiger partial charge in [-0.05, 0) is 39.2 Å². The number of aromatic nitrogens is 1. The van der Waals surface area contributed by atoms with Gasteiger partial charge in [-0.1, -0.05) is 60.7 Å². The number of halogens is 1. The number of hydrogen-bond donors (Lipinski definition) is 0. The molecule has 2 aromatic carbocycles. The van der Waals surface area contributed by atoms with Crippen molar-refractivity contribution in [1.82, 2.24) is 4.98 Å². The van der Waals surface area contributed by atoms with Gasteiger partial charge in [-0.3, -0.25) is 0 Å². The molecule has 0 aliphatic heterocycles. The first kappa shape index (κ1) is 14.8. The third-order valence-corrected chi connectivity index (χ3v) is 3.92. The van der Waals surface area contributed by atoms with Gasteiger partial charge in [0.2, 0.25) is 5.88 Å². The van der Waals surface area contributed by atoms with Gasteiger partial charge in [0, 0.05) is 12.1 Å². The van der Waals surface area contributed by atoms with Crippen LogP contribution in [-0.2, 0) is 13.0 Å². The summed E-state index contributed by atoms with van der Waals surface area (Å²) in [6.07, 6.45) is 0.801. The second-order valence-corrected chi connectivity index (χ2v) is 5.88. The molecule has 1 aromatic heterocycles. The fraction of sp³-hybridized carbons (Fsp3) is 0.105. The largest absolute Gasteiger partial charge is 0.472 e. The van der Waals surface area contributed by atoms with Crippen molar-refractivity contribution in [1.29, 1.82) is 0 Å². The van der Waals surface area contributed by atoms with E-state index in [4.69, 9.17) is 4.74 Å². The van der Waals surface area contributed by atoms with Gasteiger partial charge in [-0.15, -0.1) is 0 Å². The number of rotatable bonds is 5. The van der Waals surface area contributed by atoms with E-state index >= 15 is 0 Å². The van der Waals surface area contributed by atoms with E-state index in [0.717, 1.165) is 22.2 Å². The minimum absolute atomic E-state index is 0.515. The number of hydrogen-bond acceptors (Lipinski definition) is 2. The second-order valence-electron chi connectivity index (χ2n) is 5.03. The molecule has 0 spiro atoms. The summed E-state index contributed by atoms with van der Waals surface area (Å²) < 4.78 is 6.72. The van der Waals surface area contributed by atoms with Crippen molar-refractivity contribution < 1.29 is 4.74 Å². The van der Waals surface area contributed by atoms with Gasteiger partial charge in [0.1, 0.15) is 6.61 Å². The van der Waals surface area contributed by atoms with Gasteiger partial charge in [-0.2, -0.15) is 0 Å². The summed E-state index contributed by atoms with van der Waals surface area (Å²) in [5.74, 6) is 0.636. The molecule has 3 rings (SSSR count). The average molecular weight is 354 g/mol. The summed E-state index contributed by atoms with van der Waals surface area (Å²) in [6.45, 7) is 0.515. The maximum absolute atomic E-state index is 5.84. The van der Waals surface area contributed by atoms with Crippen molar-refractivity contribution in [3.8, 4) is 5.88 Å². The van der Waals surface area contributed by atoms with Crippen LogP contribution in [0, 0.1) is 0 Å². The molecule has 0 N–H and O–H groups in total. The Morgan fingerprint density at radius 1 is 0.773 bits per heavy atom. The van der Waals surface area contributed by atoms with Crippen molar-refractivity contribution in [2.75, 3.05) is 0 Å². The zero-order chi connectivity index (χ0) is 15.2. The molecule has 2 nitrogen and oxygen atoms in total. The Hall–Kier alpha value is -2.13. The number of nitrogens with zero attached hydrogens (tertiary/aromatic N) is 1. The van der Waals surface area contributed by atoms with E-state index in [-0.39, 0.29) is 0 Å². The third kappa shape index (κ3) is 3.95. The standard InChI is InChI=1S/C19H16BrNO/c20-18-12-11-17(13-15-7-3-1-4-8-15)21-19(18)22-14-16-9-5-2-6-10-16/h1-12H,13-14H2. The van der Waals surface area contributed by atoms with Crippen molar-refractivity contribution >= 4 is 15.9 Å². The summed E-state index contributed by atoms with van der Waals surface area (Å²) >= 11 is 3.50. The minimum Gasteiger partial charge on any atom is -0.472 e. The Bertz CT molecular complexity index is 729. The van der Waals surface area contributed by atoms with Crippen LogP contribution < -0.4 is 4.74 Å². The first-order valence-electron chi connectivity index (χ1n) is 7.17. The SMILES string of the molecule is Brc1ccc(Cc2ccccc2)nc1OCc1ccccc1. The monoisotopic (exact) mass is 353 g/mol. The molecule has 0 atom stereocenters. The molecule has 0 aliphatic rings. The molecule has 110 valence electrons. The summed E-state index contributed by atoms with van der Waals surface area (Å²) in [4.78, 5) is 4.61. The number of ether oxygens (including phenoxy) is 1. The second kappa shape index (κ2) is 7.23. The van der Waals surface area contributed by atoms with E-state index in [9.17, 15) is 0 Å². The van der Waals surface area contributed by atoms with Crippen LogP contribution in [0.3, 0.4) is 0 Å². The van der Waals surface area contributed by atoms with Crippen LogP contribution in [0.2, 0.25) is 0 Å². The lowest BCUT2D eigenvalue weighted by molar-refractivity contribution is 0.291. The van der Waals surface area contributed by atoms with Crippen LogP contribution >= 0.6 is 15.9 Å². The molecule has 0 fully saturated rings. The highest BCUT2D eigenvalue weighted by Gasteiger charge is 2.06. The van der Waals surface area contributed by atoms with Crippen molar-refractivity contribution in [2.45, 2.75) is 13.0 Å². The zero-order valence-electron chi connectivity index (χ0n) is 12.1. The first-order chi connectivity index (χ1) is 10.8. The molecule has 3 aromatic rings. The fourth-order valence-electron chi connectivity index (χ4n) is 2.19. The molecule has 0 aliphatic carbocycles. The van der Waals surface area contributed by atoms with Gasteiger partial charge in [0.05, 0.1) is 4.47 Å². The molecular weight excluding hydrogens is 338 g/mol. The molecule has 0 saturated heterocycles. The van der Waals surface area contributed by atoms with E-state index in [1.54, 1.807) is 0 Å². The molecule has 0 amide bonds. The topological polar surface area (TPSA) is 22.1 Å². The quantitative estimate of drug-likeness (QED) is 0.642. The Kier molecular flexibility index (Phi) is 4.86. The maximum atomic E-state index is 5.84. The Morgan fingerprint density at radius 3 is 2.09 bits per heavy atom. The number of benzene rings is 2. The lowest BCUT2D eigenvalue weighted by Gasteiger charge is -2.09. The van der Waals surface area contributed by atoms with E-state index in [1.807, 2.05) is 60.7 Å². The molecule has 0 saturated carbocycles. The Morgan fingerprint density at radius 2 is 1.41 bits per heavy atom. The molecule has 0 unspecified atom stereocenters. The van der Waals surface area contributed by atoms with Crippen LogP contribution in [0.1, 0.15) is 16.8 Å².